The zero-order valence-electron chi connectivity index (χ0n) is 8.28. The van der Waals surface area contributed by atoms with Crippen LogP contribution < -0.4 is 0 Å². The molecule has 0 radical (unpaired) electrons. The SMILES string of the molecule is c1ccc(C2(N3CCC3)COC2)cc1. The van der Waals surface area contributed by atoms with Crippen molar-refractivity contribution >= 4 is 0 Å². The third-order valence-corrected chi connectivity index (χ3v) is 3.45. The van der Waals surface area contributed by atoms with Gasteiger partial charge in [0.2, 0.25) is 0 Å². The lowest BCUT2D eigenvalue weighted by Gasteiger charge is -2.53. The number of rotatable bonds is 2. The highest BCUT2D eigenvalue weighted by Crippen LogP contribution is 2.38. The molecule has 2 aliphatic rings. The van der Waals surface area contributed by atoms with Crippen LogP contribution in [0.25, 0.3) is 0 Å². The summed E-state index contributed by atoms with van der Waals surface area (Å²) in [5.74, 6) is 0. The Morgan fingerprint density at radius 1 is 1.07 bits per heavy atom. The smallest absolute Gasteiger partial charge is 0.0933 e. The van der Waals surface area contributed by atoms with Gasteiger partial charge < -0.3 is 4.74 Å². The quantitative estimate of drug-likeness (QED) is 0.701. The second-order valence-electron chi connectivity index (χ2n) is 4.23. The molecule has 0 unspecified atom stereocenters. The summed E-state index contributed by atoms with van der Waals surface area (Å²) >= 11 is 0. The van der Waals surface area contributed by atoms with Crippen LogP contribution in [0.2, 0.25) is 0 Å². The highest BCUT2D eigenvalue weighted by Gasteiger charge is 2.47. The summed E-state index contributed by atoms with van der Waals surface area (Å²) in [5.41, 5.74) is 1.64. The maximum absolute atomic E-state index is 5.41. The average molecular weight is 189 g/mol. The molecule has 2 aliphatic heterocycles. The van der Waals surface area contributed by atoms with Crippen molar-refractivity contribution < 1.29 is 4.74 Å². The van der Waals surface area contributed by atoms with Crippen molar-refractivity contribution in [2.24, 2.45) is 0 Å². The zero-order valence-corrected chi connectivity index (χ0v) is 8.28. The van der Waals surface area contributed by atoms with Gasteiger partial charge in [0, 0.05) is 13.1 Å². The first-order valence-corrected chi connectivity index (χ1v) is 5.30. The lowest BCUT2D eigenvalue weighted by atomic mass is 9.84. The highest BCUT2D eigenvalue weighted by atomic mass is 16.5. The van der Waals surface area contributed by atoms with Crippen LogP contribution in [0.5, 0.6) is 0 Å². The van der Waals surface area contributed by atoms with Crippen molar-refractivity contribution in [2.75, 3.05) is 26.3 Å². The Kier molecular flexibility index (Phi) is 1.85. The molecule has 0 spiro atoms. The predicted octanol–water partition coefficient (Wildman–Crippen LogP) is 1.62. The molecule has 0 N–H and O–H groups in total. The number of hydrogen-bond donors (Lipinski definition) is 0. The summed E-state index contributed by atoms with van der Waals surface area (Å²) in [6.07, 6.45) is 1.34. The van der Waals surface area contributed by atoms with Gasteiger partial charge in [-0.15, -0.1) is 0 Å². The second-order valence-corrected chi connectivity index (χ2v) is 4.23. The molecule has 74 valence electrons. The number of ether oxygens (including phenoxy) is 1. The first kappa shape index (κ1) is 8.45. The van der Waals surface area contributed by atoms with Crippen LogP contribution in [0.1, 0.15) is 12.0 Å². The van der Waals surface area contributed by atoms with Crippen molar-refractivity contribution in [3.8, 4) is 0 Å². The highest BCUT2D eigenvalue weighted by molar-refractivity contribution is 5.27. The van der Waals surface area contributed by atoms with Gasteiger partial charge in [-0.05, 0) is 12.0 Å². The van der Waals surface area contributed by atoms with Gasteiger partial charge in [0.05, 0.1) is 18.8 Å². The normalized spacial score (nSPS) is 25.1. The van der Waals surface area contributed by atoms with E-state index in [1.165, 1.54) is 25.1 Å². The Morgan fingerprint density at radius 2 is 1.79 bits per heavy atom. The lowest BCUT2D eigenvalue weighted by molar-refractivity contribution is -0.165. The Hall–Kier alpha value is -0.860. The van der Waals surface area contributed by atoms with Crippen LogP contribution in [0.15, 0.2) is 30.3 Å². The molecule has 2 fully saturated rings. The zero-order chi connectivity index (χ0) is 9.43. The molecule has 2 heteroatoms. The maximum atomic E-state index is 5.41. The topological polar surface area (TPSA) is 12.5 Å². The van der Waals surface area contributed by atoms with Crippen molar-refractivity contribution in [3.63, 3.8) is 0 Å². The van der Waals surface area contributed by atoms with Crippen molar-refractivity contribution in [1.82, 2.24) is 4.90 Å². The summed E-state index contributed by atoms with van der Waals surface area (Å²) in [4.78, 5) is 2.55. The first-order valence-electron chi connectivity index (χ1n) is 5.30. The molecular formula is C12H15NO. The van der Waals surface area contributed by atoms with E-state index >= 15 is 0 Å². The molecule has 2 nitrogen and oxygen atoms in total. The van der Waals surface area contributed by atoms with E-state index in [0.29, 0.717) is 0 Å². The fraction of sp³-hybridized carbons (Fsp3) is 0.500. The van der Waals surface area contributed by atoms with Crippen LogP contribution in [0.4, 0.5) is 0 Å². The minimum atomic E-state index is 0.222. The van der Waals surface area contributed by atoms with Gasteiger partial charge in [0.15, 0.2) is 0 Å². The fourth-order valence-electron chi connectivity index (χ4n) is 2.32. The molecule has 1 aromatic rings. The lowest BCUT2D eigenvalue weighted by Crippen LogP contribution is -2.63. The molecule has 2 saturated heterocycles. The van der Waals surface area contributed by atoms with Crippen LogP contribution in [0.3, 0.4) is 0 Å². The molecule has 0 atom stereocenters. The molecular weight excluding hydrogens is 174 g/mol. The van der Waals surface area contributed by atoms with E-state index in [9.17, 15) is 0 Å². The number of nitrogens with zero attached hydrogens (tertiary/aromatic N) is 1. The summed E-state index contributed by atoms with van der Waals surface area (Å²) in [7, 11) is 0. The van der Waals surface area contributed by atoms with Gasteiger partial charge in [0.25, 0.3) is 0 Å². The Morgan fingerprint density at radius 3 is 2.21 bits per heavy atom. The molecule has 0 bridgehead atoms. The van der Waals surface area contributed by atoms with Crippen molar-refractivity contribution in [2.45, 2.75) is 12.0 Å². The van der Waals surface area contributed by atoms with Crippen molar-refractivity contribution in [3.05, 3.63) is 35.9 Å². The fourth-order valence-corrected chi connectivity index (χ4v) is 2.32. The van der Waals surface area contributed by atoms with Gasteiger partial charge in [0.1, 0.15) is 0 Å². The summed E-state index contributed by atoms with van der Waals surface area (Å²) in [5, 5.41) is 0. The molecule has 14 heavy (non-hydrogen) atoms. The minimum Gasteiger partial charge on any atom is -0.377 e. The Balaban J connectivity index is 1.93. The van der Waals surface area contributed by atoms with Gasteiger partial charge in [-0.3, -0.25) is 4.90 Å². The summed E-state index contributed by atoms with van der Waals surface area (Å²) < 4.78 is 5.41. The van der Waals surface area contributed by atoms with E-state index in [1.807, 2.05) is 0 Å². The van der Waals surface area contributed by atoms with E-state index in [-0.39, 0.29) is 5.54 Å². The Bertz CT molecular complexity index is 314. The van der Waals surface area contributed by atoms with Crippen LogP contribution in [-0.2, 0) is 10.3 Å². The summed E-state index contributed by atoms with van der Waals surface area (Å²) in [6, 6.07) is 10.8. The third kappa shape index (κ3) is 1.04. The van der Waals surface area contributed by atoms with Crippen molar-refractivity contribution in [1.29, 1.82) is 0 Å². The van der Waals surface area contributed by atoms with Crippen LogP contribution >= 0.6 is 0 Å². The van der Waals surface area contributed by atoms with Gasteiger partial charge in [-0.2, -0.15) is 0 Å². The molecule has 0 aromatic heterocycles. The average Bonchev–Trinajstić information content (AvgIpc) is 2.09. The molecule has 0 amide bonds. The summed E-state index contributed by atoms with van der Waals surface area (Å²) in [6.45, 7) is 4.21. The van der Waals surface area contributed by atoms with Gasteiger partial charge in [-0.25, -0.2) is 0 Å². The van der Waals surface area contributed by atoms with E-state index in [1.54, 1.807) is 0 Å². The molecule has 0 saturated carbocycles. The van der Waals surface area contributed by atoms with Crippen LogP contribution in [-0.4, -0.2) is 31.2 Å². The van der Waals surface area contributed by atoms with Gasteiger partial charge >= 0.3 is 0 Å². The standard InChI is InChI=1S/C12H15NO/c1-2-5-11(6-3-1)12(9-14-10-12)13-7-4-8-13/h1-3,5-6H,4,7-10H2. The predicted molar refractivity (Wildman–Crippen MR) is 55.1 cm³/mol. The largest absolute Gasteiger partial charge is 0.377 e. The van der Waals surface area contributed by atoms with E-state index in [4.69, 9.17) is 4.74 Å². The van der Waals surface area contributed by atoms with Gasteiger partial charge in [-0.1, -0.05) is 30.3 Å². The first-order chi connectivity index (χ1) is 6.92. The number of likely N-dealkylation sites (tertiary alicyclic amines) is 1. The maximum Gasteiger partial charge on any atom is 0.0933 e. The number of benzene rings is 1. The molecule has 0 aliphatic carbocycles. The van der Waals surface area contributed by atoms with E-state index in [2.05, 4.69) is 35.2 Å². The van der Waals surface area contributed by atoms with Crippen LogP contribution in [0, 0.1) is 0 Å². The Labute approximate surface area is 84.5 Å². The van der Waals surface area contributed by atoms with E-state index in [0.717, 1.165) is 13.2 Å². The minimum absolute atomic E-state index is 0.222. The number of hydrogen-bond acceptors (Lipinski definition) is 2. The molecule has 1 aromatic carbocycles. The molecule has 3 rings (SSSR count). The van der Waals surface area contributed by atoms with E-state index < -0.39 is 0 Å². The third-order valence-electron chi connectivity index (χ3n) is 3.45. The second kappa shape index (κ2) is 3.07. The molecule has 2 heterocycles. The monoisotopic (exact) mass is 189 g/mol.